The van der Waals surface area contributed by atoms with E-state index in [1.165, 1.54) is 28.7 Å². The molecule has 2 heterocycles. The second kappa shape index (κ2) is 6.42. The van der Waals surface area contributed by atoms with Gasteiger partial charge in [0.05, 0.1) is 4.88 Å². The number of amides is 1. The van der Waals surface area contributed by atoms with Crippen molar-refractivity contribution in [3.8, 4) is 0 Å². The van der Waals surface area contributed by atoms with Crippen LogP contribution in [0.15, 0.2) is 30.2 Å². The number of ketones is 1. The van der Waals surface area contributed by atoms with Crippen LogP contribution >= 0.6 is 11.3 Å². The molecule has 106 valence electrons. The summed E-state index contributed by atoms with van der Waals surface area (Å²) in [6.45, 7) is 3.55. The van der Waals surface area contributed by atoms with Gasteiger partial charge in [-0.25, -0.2) is 9.67 Å². The van der Waals surface area contributed by atoms with Gasteiger partial charge >= 0.3 is 0 Å². The zero-order valence-electron chi connectivity index (χ0n) is 11.3. The predicted molar refractivity (Wildman–Crippen MR) is 75.6 cm³/mol. The summed E-state index contributed by atoms with van der Waals surface area (Å²) in [5, 5.41) is 8.61. The monoisotopic (exact) mass is 292 g/mol. The van der Waals surface area contributed by atoms with Crippen molar-refractivity contribution < 1.29 is 9.59 Å². The van der Waals surface area contributed by atoms with Crippen LogP contribution in [0.4, 0.5) is 0 Å². The molecule has 2 aromatic rings. The third-order valence-corrected chi connectivity index (χ3v) is 3.80. The van der Waals surface area contributed by atoms with Crippen LogP contribution in [0.2, 0.25) is 0 Å². The second-order valence-corrected chi connectivity index (χ2v) is 5.51. The molecule has 1 amide bonds. The van der Waals surface area contributed by atoms with E-state index in [1.807, 2.05) is 18.4 Å². The summed E-state index contributed by atoms with van der Waals surface area (Å²) < 4.78 is 1.48. The van der Waals surface area contributed by atoms with Gasteiger partial charge < -0.3 is 5.32 Å². The van der Waals surface area contributed by atoms with E-state index in [1.54, 1.807) is 13.0 Å². The first-order chi connectivity index (χ1) is 9.58. The molecule has 20 heavy (non-hydrogen) atoms. The van der Waals surface area contributed by atoms with Gasteiger partial charge in [0.25, 0.3) is 0 Å². The molecule has 0 aliphatic carbocycles. The fourth-order valence-corrected chi connectivity index (χ4v) is 2.44. The SMILES string of the molecule is C[C@H](C(=O)N[C@@H](C)CC(=O)c1cccs1)n1cncn1. The minimum Gasteiger partial charge on any atom is -0.351 e. The molecule has 6 nitrogen and oxygen atoms in total. The Morgan fingerprint density at radius 3 is 2.85 bits per heavy atom. The predicted octanol–water partition coefficient (Wildman–Crippen LogP) is 1.68. The number of nitrogens with zero attached hydrogens (tertiary/aromatic N) is 3. The number of thiophene rings is 1. The van der Waals surface area contributed by atoms with Crippen molar-refractivity contribution in [2.45, 2.75) is 32.4 Å². The highest BCUT2D eigenvalue weighted by atomic mass is 32.1. The lowest BCUT2D eigenvalue weighted by molar-refractivity contribution is -0.124. The molecule has 2 atom stereocenters. The highest BCUT2D eigenvalue weighted by Crippen LogP contribution is 2.12. The number of Topliss-reactive ketones (excluding diaryl/α,β-unsaturated/α-hetero) is 1. The Morgan fingerprint density at radius 1 is 1.45 bits per heavy atom. The van der Waals surface area contributed by atoms with Crippen molar-refractivity contribution in [3.63, 3.8) is 0 Å². The topological polar surface area (TPSA) is 76.9 Å². The quantitative estimate of drug-likeness (QED) is 0.822. The number of rotatable bonds is 6. The fourth-order valence-electron chi connectivity index (χ4n) is 1.77. The molecule has 0 radical (unpaired) electrons. The number of carbonyl (C=O) groups excluding carboxylic acids is 2. The molecule has 2 aromatic heterocycles. The minimum atomic E-state index is -0.447. The standard InChI is InChI=1S/C13H16N4O2S/c1-9(6-11(18)12-4-3-5-20-12)16-13(19)10(2)17-8-14-7-15-17/h3-5,7-10H,6H2,1-2H3,(H,16,19)/t9-,10+/m0/s1. The first-order valence-corrected chi connectivity index (χ1v) is 7.17. The van der Waals surface area contributed by atoms with E-state index in [-0.39, 0.29) is 24.2 Å². The summed E-state index contributed by atoms with van der Waals surface area (Å²) in [5.74, 6) is -0.136. The lowest BCUT2D eigenvalue weighted by Gasteiger charge is -2.16. The van der Waals surface area contributed by atoms with Gasteiger partial charge in [0.15, 0.2) is 5.78 Å². The average molecular weight is 292 g/mol. The Kier molecular flexibility index (Phi) is 4.62. The maximum atomic E-state index is 12.0. The Labute approximate surface area is 120 Å². The van der Waals surface area contributed by atoms with E-state index in [4.69, 9.17) is 0 Å². The van der Waals surface area contributed by atoms with Gasteiger partial charge in [-0.15, -0.1) is 11.3 Å². The molecule has 0 saturated heterocycles. The van der Waals surface area contributed by atoms with E-state index in [2.05, 4.69) is 15.4 Å². The van der Waals surface area contributed by atoms with E-state index < -0.39 is 6.04 Å². The molecular weight excluding hydrogens is 276 g/mol. The normalized spacial score (nSPS) is 13.7. The van der Waals surface area contributed by atoms with Crippen LogP contribution in [0.5, 0.6) is 0 Å². The largest absolute Gasteiger partial charge is 0.351 e. The first-order valence-electron chi connectivity index (χ1n) is 6.29. The van der Waals surface area contributed by atoms with Gasteiger partial charge in [-0.3, -0.25) is 9.59 Å². The van der Waals surface area contributed by atoms with E-state index in [0.717, 1.165) is 4.88 Å². The van der Waals surface area contributed by atoms with Crippen molar-refractivity contribution in [1.29, 1.82) is 0 Å². The summed E-state index contributed by atoms with van der Waals surface area (Å²) in [5.41, 5.74) is 0. The molecule has 0 bridgehead atoms. The van der Waals surface area contributed by atoms with Crippen LogP contribution in [-0.2, 0) is 4.79 Å². The number of aromatic nitrogens is 3. The van der Waals surface area contributed by atoms with Gasteiger partial charge in [-0.05, 0) is 25.3 Å². The number of hydrogen-bond donors (Lipinski definition) is 1. The van der Waals surface area contributed by atoms with Crippen molar-refractivity contribution >= 4 is 23.0 Å². The van der Waals surface area contributed by atoms with Gasteiger partial charge in [0.1, 0.15) is 18.7 Å². The van der Waals surface area contributed by atoms with Gasteiger partial charge in [0.2, 0.25) is 5.91 Å². The molecule has 1 N–H and O–H groups in total. The van der Waals surface area contributed by atoms with Gasteiger partial charge in [-0.2, -0.15) is 5.10 Å². The Balaban J connectivity index is 1.86. The van der Waals surface area contributed by atoms with Gasteiger partial charge in [-0.1, -0.05) is 6.07 Å². The number of carbonyl (C=O) groups is 2. The van der Waals surface area contributed by atoms with Crippen molar-refractivity contribution in [3.05, 3.63) is 35.0 Å². The van der Waals surface area contributed by atoms with Crippen LogP contribution in [0.1, 0.15) is 36.0 Å². The molecule has 0 spiro atoms. The lowest BCUT2D eigenvalue weighted by atomic mass is 10.1. The number of nitrogens with one attached hydrogen (secondary N) is 1. The fraction of sp³-hybridized carbons (Fsp3) is 0.385. The third kappa shape index (κ3) is 3.51. The average Bonchev–Trinajstić information content (AvgIpc) is 3.10. The zero-order chi connectivity index (χ0) is 14.5. The maximum absolute atomic E-state index is 12.0. The molecule has 0 aromatic carbocycles. The summed E-state index contributed by atoms with van der Waals surface area (Å²) >= 11 is 1.41. The Hall–Kier alpha value is -2.02. The molecule has 0 aliphatic heterocycles. The van der Waals surface area contributed by atoms with E-state index in [9.17, 15) is 9.59 Å². The second-order valence-electron chi connectivity index (χ2n) is 4.57. The van der Waals surface area contributed by atoms with Crippen molar-refractivity contribution in [2.24, 2.45) is 0 Å². The Bertz CT molecular complexity index is 565. The summed E-state index contributed by atoms with van der Waals surface area (Å²) in [4.78, 5) is 28.5. The van der Waals surface area contributed by atoms with Crippen LogP contribution in [0, 0.1) is 0 Å². The van der Waals surface area contributed by atoms with E-state index >= 15 is 0 Å². The third-order valence-electron chi connectivity index (χ3n) is 2.89. The molecule has 2 rings (SSSR count). The maximum Gasteiger partial charge on any atom is 0.244 e. The van der Waals surface area contributed by atoms with Crippen LogP contribution in [0.25, 0.3) is 0 Å². The lowest BCUT2D eigenvalue weighted by Crippen LogP contribution is -2.38. The molecule has 0 aliphatic rings. The van der Waals surface area contributed by atoms with Crippen molar-refractivity contribution in [2.75, 3.05) is 0 Å². The van der Waals surface area contributed by atoms with Crippen LogP contribution in [0.3, 0.4) is 0 Å². The first kappa shape index (κ1) is 14.4. The van der Waals surface area contributed by atoms with Crippen molar-refractivity contribution in [1.82, 2.24) is 20.1 Å². The Morgan fingerprint density at radius 2 is 2.25 bits per heavy atom. The highest BCUT2D eigenvalue weighted by molar-refractivity contribution is 7.12. The molecule has 0 fully saturated rings. The summed E-state index contributed by atoms with van der Waals surface area (Å²) in [7, 11) is 0. The van der Waals surface area contributed by atoms with E-state index in [0.29, 0.717) is 0 Å². The highest BCUT2D eigenvalue weighted by Gasteiger charge is 2.19. The zero-order valence-corrected chi connectivity index (χ0v) is 12.1. The number of hydrogen-bond acceptors (Lipinski definition) is 5. The minimum absolute atomic E-state index is 0.0428. The van der Waals surface area contributed by atoms with Crippen LogP contribution in [-0.4, -0.2) is 32.5 Å². The molecule has 0 unspecified atom stereocenters. The van der Waals surface area contributed by atoms with Gasteiger partial charge in [0, 0.05) is 12.5 Å². The molecule has 7 heteroatoms. The smallest absolute Gasteiger partial charge is 0.244 e. The summed E-state index contributed by atoms with van der Waals surface area (Å²) in [6, 6.07) is 2.97. The molecule has 0 saturated carbocycles. The molecular formula is C13H16N4O2S. The summed E-state index contributed by atoms with van der Waals surface area (Å²) in [6.07, 6.45) is 3.16. The van der Waals surface area contributed by atoms with Crippen LogP contribution < -0.4 is 5.32 Å².